The van der Waals surface area contributed by atoms with E-state index in [1.165, 1.54) is 0 Å². The third-order valence-electron chi connectivity index (χ3n) is 5.09. The second-order valence-electron chi connectivity index (χ2n) is 7.08. The van der Waals surface area contributed by atoms with E-state index in [2.05, 4.69) is 20.9 Å². The van der Waals surface area contributed by atoms with Crippen molar-refractivity contribution in [2.45, 2.75) is 37.8 Å². The van der Waals surface area contributed by atoms with E-state index in [1.54, 1.807) is 14.2 Å². The first-order valence-electron chi connectivity index (χ1n) is 9.24. The van der Waals surface area contributed by atoms with Crippen molar-refractivity contribution in [3.8, 4) is 0 Å². The Morgan fingerprint density at radius 3 is 2.69 bits per heavy atom. The number of nitrogens with zero attached hydrogens (tertiary/aromatic N) is 4. The summed E-state index contributed by atoms with van der Waals surface area (Å²) in [7, 11) is 3.20. The first-order chi connectivity index (χ1) is 12.6. The normalized spacial score (nSPS) is 23.5. The lowest BCUT2D eigenvalue weighted by atomic mass is 9.78. The van der Waals surface area contributed by atoms with E-state index in [0.717, 1.165) is 50.4 Å². The molecule has 2 fully saturated rings. The first kappa shape index (κ1) is 19.0. The third-order valence-corrected chi connectivity index (χ3v) is 5.09. The van der Waals surface area contributed by atoms with E-state index in [9.17, 15) is 4.79 Å². The topological polar surface area (TPSA) is 93.8 Å². The monoisotopic (exact) mass is 363 g/mol. The quantitative estimate of drug-likeness (QED) is 0.787. The Morgan fingerprint density at radius 2 is 2.00 bits per heavy atom. The molecule has 1 aromatic rings. The van der Waals surface area contributed by atoms with E-state index in [-0.39, 0.29) is 18.6 Å². The molecule has 8 nitrogen and oxygen atoms in total. The number of nitrogens with two attached hydrogens (primary N) is 1. The maximum atomic E-state index is 12.1. The highest BCUT2D eigenvalue weighted by molar-refractivity contribution is 5.77. The molecule has 1 aliphatic heterocycles. The molecule has 1 saturated carbocycles. The fourth-order valence-corrected chi connectivity index (χ4v) is 3.58. The minimum Gasteiger partial charge on any atom is -0.377 e. The molecule has 1 amide bonds. The van der Waals surface area contributed by atoms with Crippen molar-refractivity contribution in [3.63, 3.8) is 0 Å². The molecule has 0 atom stereocenters. The van der Waals surface area contributed by atoms with Gasteiger partial charge in [-0.1, -0.05) is 0 Å². The highest BCUT2D eigenvalue weighted by atomic mass is 16.5. The van der Waals surface area contributed by atoms with Crippen molar-refractivity contribution in [1.29, 1.82) is 0 Å². The molecule has 2 heterocycles. The summed E-state index contributed by atoms with van der Waals surface area (Å²) in [5, 5.41) is 0. The van der Waals surface area contributed by atoms with E-state index in [4.69, 9.17) is 15.2 Å². The van der Waals surface area contributed by atoms with Crippen LogP contribution in [0.15, 0.2) is 6.07 Å². The van der Waals surface area contributed by atoms with Crippen LogP contribution in [0.1, 0.15) is 36.7 Å². The molecule has 144 valence electrons. The predicted octanol–water partition coefficient (Wildman–Crippen LogP) is 0.513. The van der Waals surface area contributed by atoms with Crippen LogP contribution in [-0.2, 0) is 20.9 Å². The number of anilines is 1. The predicted molar refractivity (Wildman–Crippen MR) is 98.0 cm³/mol. The Bertz CT molecular complexity index is 621. The fourth-order valence-electron chi connectivity index (χ4n) is 3.58. The standard InChI is InChI=1S/C18H29N5O3/c1-25-11-16-20-15(13-8-14(19)9-13)10-17(21-16)22-4-3-5-23(7-6-22)18(24)12-26-2/h10,13-14H,3-9,11-12,19H2,1-2H3. The summed E-state index contributed by atoms with van der Waals surface area (Å²) in [6, 6.07) is 2.37. The molecule has 0 radical (unpaired) electrons. The first-order valence-corrected chi connectivity index (χ1v) is 9.24. The Morgan fingerprint density at radius 1 is 1.19 bits per heavy atom. The summed E-state index contributed by atoms with van der Waals surface area (Å²) >= 11 is 0. The van der Waals surface area contributed by atoms with Gasteiger partial charge in [0.2, 0.25) is 5.91 Å². The lowest BCUT2D eigenvalue weighted by Gasteiger charge is -2.33. The lowest BCUT2D eigenvalue weighted by molar-refractivity contribution is -0.134. The zero-order valence-electron chi connectivity index (χ0n) is 15.7. The Balaban J connectivity index is 1.73. The van der Waals surface area contributed by atoms with Crippen molar-refractivity contribution in [2.75, 3.05) is 51.9 Å². The van der Waals surface area contributed by atoms with Crippen LogP contribution < -0.4 is 10.6 Å². The van der Waals surface area contributed by atoms with Gasteiger partial charge in [-0.05, 0) is 19.3 Å². The molecule has 0 unspecified atom stereocenters. The average Bonchev–Trinajstić information content (AvgIpc) is 2.85. The van der Waals surface area contributed by atoms with E-state index >= 15 is 0 Å². The number of hydrogen-bond acceptors (Lipinski definition) is 7. The molecule has 3 rings (SSSR count). The van der Waals surface area contributed by atoms with Crippen LogP contribution in [0.4, 0.5) is 5.82 Å². The van der Waals surface area contributed by atoms with Crippen LogP contribution >= 0.6 is 0 Å². The van der Waals surface area contributed by atoms with Crippen LogP contribution in [0.2, 0.25) is 0 Å². The minimum absolute atomic E-state index is 0.0428. The summed E-state index contributed by atoms with van der Waals surface area (Å²) in [6.07, 6.45) is 2.85. The van der Waals surface area contributed by atoms with Crippen molar-refractivity contribution in [1.82, 2.24) is 14.9 Å². The number of amides is 1. The number of rotatable bonds is 6. The summed E-state index contributed by atoms with van der Waals surface area (Å²) in [4.78, 5) is 25.5. The lowest BCUT2D eigenvalue weighted by Crippen LogP contribution is -2.37. The molecule has 1 aromatic heterocycles. The number of ether oxygens (including phenoxy) is 2. The maximum absolute atomic E-state index is 12.1. The number of aromatic nitrogens is 2. The SMILES string of the molecule is COCC(=O)N1CCCN(c2cc(C3CC(N)C3)nc(COC)n2)CC1. The van der Waals surface area contributed by atoms with Gasteiger partial charge in [0.1, 0.15) is 19.0 Å². The van der Waals surface area contributed by atoms with Gasteiger partial charge in [0.05, 0.1) is 0 Å². The fraction of sp³-hybridized carbons (Fsp3) is 0.722. The molecular formula is C18H29N5O3. The van der Waals surface area contributed by atoms with Gasteiger partial charge >= 0.3 is 0 Å². The molecule has 26 heavy (non-hydrogen) atoms. The van der Waals surface area contributed by atoms with Gasteiger partial charge in [-0.25, -0.2) is 9.97 Å². The largest absolute Gasteiger partial charge is 0.377 e. The summed E-state index contributed by atoms with van der Waals surface area (Å²) in [5.41, 5.74) is 7.00. The smallest absolute Gasteiger partial charge is 0.248 e. The van der Waals surface area contributed by atoms with Crippen LogP contribution in [0, 0.1) is 0 Å². The van der Waals surface area contributed by atoms with Crippen molar-refractivity contribution < 1.29 is 14.3 Å². The van der Waals surface area contributed by atoms with Gasteiger partial charge in [0.25, 0.3) is 0 Å². The van der Waals surface area contributed by atoms with E-state index in [0.29, 0.717) is 24.9 Å². The number of hydrogen-bond donors (Lipinski definition) is 1. The van der Waals surface area contributed by atoms with Crippen molar-refractivity contribution >= 4 is 11.7 Å². The maximum Gasteiger partial charge on any atom is 0.248 e. The Kier molecular flexibility index (Phi) is 6.39. The summed E-state index contributed by atoms with van der Waals surface area (Å²) in [5.74, 6) is 2.08. The van der Waals surface area contributed by atoms with Gasteiger partial charge in [0.15, 0.2) is 5.82 Å². The minimum atomic E-state index is 0.0428. The van der Waals surface area contributed by atoms with Crippen molar-refractivity contribution in [3.05, 3.63) is 17.6 Å². The zero-order chi connectivity index (χ0) is 18.5. The highest BCUT2D eigenvalue weighted by Gasteiger charge is 2.30. The Hall–Kier alpha value is -1.77. The molecular weight excluding hydrogens is 334 g/mol. The molecule has 2 aliphatic rings. The molecule has 0 bridgehead atoms. The third kappa shape index (κ3) is 4.49. The number of carbonyl (C=O) groups excluding carboxylic acids is 1. The zero-order valence-corrected chi connectivity index (χ0v) is 15.7. The van der Waals surface area contributed by atoms with Crippen LogP contribution in [0.5, 0.6) is 0 Å². The molecule has 2 N–H and O–H groups in total. The van der Waals surface area contributed by atoms with Crippen LogP contribution in [0.3, 0.4) is 0 Å². The van der Waals surface area contributed by atoms with Crippen LogP contribution in [0.25, 0.3) is 0 Å². The Labute approximate surface area is 154 Å². The summed E-state index contributed by atoms with van der Waals surface area (Å²) < 4.78 is 10.2. The van der Waals surface area contributed by atoms with Gasteiger partial charge < -0.3 is 25.0 Å². The van der Waals surface area contributed by atoms with Gasteiger partial charge in [-0.15, -0.1) is 0 Å². The molecule has 0 aromatic carbocycles. The second kappa shape index (κ2) is 8.75. The van der Waals surface area contributed by atoms with Gasteiger partial charge in [-0.3, -0.25) is 4.79 Å². The van der Waals surface area contributed by atoms with Crippen LogP contribution in [-0.4, -0.2) is 73.8 Å². The second-order valence-corrected chi connectivity index (χ2v) is 7.08. The number of carbonyl (C=O) groups is 1. The molecule has 1 aliphatic carbocycles. The van der Waals surface area contributed by atoms with Crippen molar-refractivity contribution in [2.24, 2.45) is 5.73 Å². The van der Waals surface area contributed by atoms with Gasteiger partial charge in [0, 0.05) is 64.1 Å². The molecule has 0 spiro atoms. The average molecular weight is 363 g/mol. The van der Waals surface area contributed by atoms with E-state index in [1.807, 2.05) is 4.90 Å². The van der Waals surface area contributed by atoms with Gasteiger partial charge in [-0.2, -0.15) is 0 Å². The molecule has 1 saturated heterocycles. The number of methoxy groups -OCH3 is 2. The summed E-state index contributed by atoms with van der Waals surface area (Å²) in [6.45, 7) is 3.57. The highest BCUT2D eigenvalue weighted by Crippen LogP contribution is 2.35. The molecule has 8 heteroatoms. The van der Waals surface area contributed by atoms with E-state index < -0.39 is 0 Å².